The van der Waals surface area contributed by atoms with E-state index in [1.165, 1.54) is 25.9 Å². The molecule has 8 heavy (non-hydrogen) atoms. The number of hydrogen-bond donors (Lipinski definition) is 1. The molecule has 0 aliphatic rings. The predicted molar refractivity (Wildman–Crippen MR) is 40.2 cm³/mol. The van der Waals surface area contributed by atoms with Gasteiger partial charge in [-0.25, -0.2) is 0 Å². The van der Waals surface area contributed by atoms with Crippen molar-refractivity contribution in [3.8, 4) is 0 Å². The van der Waals surface area contributed by atoms with Crippen LogP contribution >= 0.6 is 0 Å². The van der Waals surface area contributed by atoms with Crippen LogP contribution in [0.2, 0.25) is 0 Å². The SMILES string of the molecule is C.CCCNCCC. The lowest BCUT2D eigenvalue weighted by atomic mass is 10.4. The van der Waals surface area contributed by atoms with Crippen LogP contribution in [0.5, 0.6) is 0 Å². The van der Waals surface area contributed by atoms with E-state index in [1.807, 2.05) is 0 Å². The van der Waals surface area contributed by atoms with Gasteiger partial charge in [0.2, 0.25) is 0 Å². The van der Waals surface area contributed by atoms with Crippen molar-refractivity contribution in [2.45, 2.75) is 34.1 Å². The van der Waals surface area contributed by atoms with Crippen LogP contribution in [0.25, 0.3) is 0 Å². The van der Waals surface area contributed by atoms with E-state index in [4.69, 9.17) is 0 Å². The maximum Gasteiger partial charge on any atom is -0.00516 e. The van der Waals surface area contributed by atoms with Crippen molar-refractivity contribution >= 4 is 0 Å². The topological polar surface area (TPSA) is 12.0 Å². The van der Waals surface area contributed by atoms with Crippen LogP contribution in [-0.4, -0.2) is 13.1 Å². The summed E-state index contributed by atoms with van der Waals surface area (Å²) >= 11 is 0. The van der Waals surface area contributed by atoms with Crippen molar-refractivity contribution in [2.75, 3.05) is 13.1 Å². The molecule has 0 aliphatic carbocycles. The van der Waals surface area contributed by atoms with Gasteiger partial charge in [-0.15, -0.1) is 0 Å². The lowest BCUT2D eigenvalue weighted by Crippen LogP contribution is -2.14. The van der Waals surface area contributed by atoms with Crippen LogP contribution < -0.4 is 5.32 Å². The van der Waals surface area contributed by atoms with Crippen molar-refractivity contribution in [1.29, 1.82) is 0 Å². The summed E-state index contributed by atoms with van der Waals surface area (Å²) in [5.41, 5.74) is 0. The fourth-order valence-electron chi connectivity index (χ4n) is 0.479. The van der Waals surface area contributed by atoms with E-state index in [0.29, 0.717) is 0 Å². The van der Waals surface area contributed by atoms with E-state index in [-0.39, 0.29) is 7.43 Å². The summed E-state index contributed by atoms with van der Waals surface area (Å²) in [5, 5.41) is 3.28. The van der Waals surface area contributed by atoms with Gasteiger partial charge in [-0.3, -0.25) is 0 Å². The minimum Gasteiger partial charge on any atom is -0.317 e. The molecule has 0 heterocycles. The smallest absolute Gasteiger partial charge is 0.00516 e. The zero-order chi connectivity index (χ0) is 5.54. The molecule has 0 bridgehead atoms. The molecule has 0 saturated carbocycles. The highest BCUT2D eigenvalue weighted by Crippen LogP contribution is 1.71. The molecular formula is C7H19N. The van der Waals surface area contributed by atoms with Crippen LogP contribution in [-0.2, 0) is 0 Å². The Morgan fingerprint density at radius 1 is 1.00 bits per heavy atom. The summed E-state index contributed by atoms with van der Waals surface area (Å²) < 4.78 is 0. The van der Waals surface area contributed by atoms with E-state index in [0.717, 1.165) is 0 Å². The number of hydrogen-bond acceptors (Lipinski definition) is 1. The minimum atomic E-state index is 0. The van der Waals surface area contributed by atoms with Gasteiger partial charge in [-0.05, 0) is 25.9 Å². The minimum absolute atomic E-state index is 0. The Labute approximate surface area is 53.5 Å². The lowest BCUT2D eigenvalue weighted by Gasteiger charge is -1.95. The molecule has 0 rings (SSSR count). The largest absolute Gasteiger partial charge is 0.317 e. The second-order valence-electron chi connectivity index (χ2n) is 1.75. The van der Waals surface area contributed by atoms with Crippen LogP contribution in [0.4, 0.5) is 0 Å². The summed E-state index contributed by atoms with van der Waals surface area (Å²) in [4.78, 5) is 0. The van der Waals surface area contributed by atoms with E-state index in [2.05, 4.69) is 19.2 Å². The highest BCUT2D eigenvalue weighted by Gasteiger charge is 1.76. The molecule has 0 aromatic heterocycles. The second-order valence-corrected chi connectivity index (χ2v) is 1.75. The first-order chi connectivity index (χ1) is 3.41. The Balaban J connectivity index is 0. The molecule has 0 unspecified atom stereocenters. The molecule has 1 heteroatoms. The number of rotatable bonds is 4. The maximum absolute atomic E-state index is 3.28. The van der Waals surface area contributed by atoms with Crippen molar-refractivity contribution in [3.05, 3.63) is 0 Å². The van der Waals surface area contributed by atoms with Gasteiger partial charge in [0.05, 0.1) is 0 Å². The fraction of sp³-hybridized carbons (Fsp3) is 1.00. The van der Waals surface area contributed by atoms with Gasteiger partial charge in [0.15, 0.2) is 0 Å². The second kappa shape index (κ2) is 10.0. The van der Waals surface area contributed by atoms with Crippen molar-refractivity contribution < 1.29 is 0 Å². The molecule has 0 aromatic carbocycles. The summed E-state index contributed by atoms with van der Waals surface area (Å²) in [6.45, 7) is 6.72. The first-order valence-corrected chi connectivity index (χ1v) is 3.12. The monoisotopic (exact) mass is 117 g/mol. The molecule has 0 aromatic rings. The normalized spacial score (nSPS) is 8.25. The van der Waals surface area contributed by atoms with E-state index in [9.17, 15) is 0 Å². The quantitative estimate of drug-likeness (QED) is 0.555. The molecule has 0 amide bonds. The molecule has 0 atom stereocenters. The van der Waals surface area contributed by atoms with Gasteiger partial charge in [0.1, 0.15) is 0 Å². The summed E-state index contributed by atoms with van der Waals surface area (Å²) in [5.74, 6) is 0. The fourth-order valence-corrected chi connectivity index (χ4v) is 0.479. The Morgan fingerprint density at radius 2 is 1.38 bits per heavy atom. The van der Waals surface area contributed by atoms with Gasteiger partial charge < -0.3 is 5.32 Å². The highest BCUT2D eigenvalue weighted by molar-refractivity contribution is 4.39. The van der Waals surface area contributed by atoms with E-state index < -0.39 is 0 Å². The van der Waals surface area contributed by atoms with Gasteiger partial charge in [0, 0.05) is 0 Å². The predicted octanol–water partition coefficient (Wildman–Crippen LogP) is 2.03. The van der Waals surface area contributed by atoms with Gasteiger partial charge >= 0.3 is 0 Å². The molecule has 0 spiro atoms. The zero-order valence-corrected chi connectivity index (χ0v) is 5.33. The third kappa shape index (κ3) is 9.35. The zero-order valence-electron chi connectivity index (χ0n) is 5.33. The Bertz CT molecular complexity index is 23.6. The molecule has 0 fully saturated rings. The molecule has 1 N–H and O–H groups in total. The summed E-state index contributed by atoms with van der Waals surface area (Å²) in [6.07, 6.45) is 2.50. The lowest BCUT2D eigenvalue weighted by molar-refractivity contribution is 0.662. The van der Waals surface area contributed by atoms with Crippen molar-refractivity contribution in [1.82, 2.24) is 5.32 Å². The molecular weight excluding hydrogens is 98.1 g/mol. The standard InChI is InChI=1S/C6H15N.CH4/c1-3-5-7-6-4-2;/h7H,3-6H2,1-2H3;1H4. The molecule has 0 saturated heterocycles. The number of nitrogens with one attached hydrogen (secondary N) is 1. The highest BCUT2D eigenvalue weighted by atomic mass is 14.8. The third-order valence-electron chi connectivity index (χ3n) is 0.854. The third-order valence-corrected chi connectivity index (χ3v) is 0.854. The average molecular weight is 117 g/mol. The van der Waals surface area contributed by atoms with Gasteiger partial charge in [-0.2, -0.15) is 0 Å². The molecule has 0 radical (unpaired) electrons. The van der Waals surface area contributed by atoms with Gasteiger partial charge in [0.25, 0.3) is 0 Å². The molecule has 0 aliphatic heterocycles. The molecule has 52 valence electrons. The van der Waals surface area contributed by atoms with Crippen LogP contribution in [0.3, 0.4) is 0 Å². The Kier molecular flexibility index (Phi) is 13.6. The first kappa shape index (κ1) is 10.9. The first-order valence-electron chi connectivity index (χ1n) is 3.12. The van der Waals surface area contributed by atoms with Crippen molar-refractivity contribution in [3.63, 3.8) is 0 Å². The summed E-state index contributed by atoms with van der Waals surface area (Å²) in [7, 11) is 0. The summed E-state index contributed by atoms with van der Waals surface area (Å²) in [6, 6.07) is 0. The maximum atomic E-state index is 3.28. The van der Waals surface area contributed by atoms with Gasteiger partial charge in [-0.1, -0.05) is 21.3 Å². The van der Waals surface area contributed by atoms with Crippen LogP contribution in [0.1, 0.15) is 34.1 Å². The van der Waals surface area contributed by atoms with Crippen molar-refractivity contribution in [2.24, 2.45) is 0 Å². The molecule has 1 nitrogen and oxygen atoms in total. The Hall–Kier alpha value is -0.0400. The Morgan fingerprint density at radius 3 is 1.62 bits per heavy atom. The van der Waals surface area contributed by atoms with Crippen LogP contribution in [0, 0.1) is 0 Å². The van der Waals surface area contributed by atoms with E-state index in [1.54, 1.807) is 0 Å². The van der Waals surface area contributed by atoms with E-state index >= 15 is 0 Å². The average Bonchev–Trinajstić information content (AvgIpc) is 1.69. The van der Waals surface area contributed by atoms with Crippen LogP contribution in [0.15, 0.2) is 0 Å².